The van der Waals surface area contributed by atoms with Gasteiger partial charge in [0.15, 0.2) is 10.9 Å². The molecule has 0 unspecified atom stereocenters. The molecule has 0 aliphatic heterocycles. The van der Waals surface area contributed by atoms with Gasteiger partial charge in [-0.25, -0.2) is 9.78 Å². The normalized spacial score (nSPS) is 10.5. The summed E-state index contributed by atoms with van der Waals surface area (Å²) in [5.74, 6) is -1.00. The number of hydrogen-bond donors (Lipinski definition) is 2. The second-order valence-electron chi connectivity index (χ2n) is 2.75. The lowest BCUT2D eigenvalue weighted by molar-refractivity contribution is 0.0691. The third kappa shape index (κ3) is 1.91. The minimum atomic E-state index is -1.00. The Morgan fingerprint density at radius 1 is 1.67 bits per heavy atom. The molecular formula is C9H8N2O2S2. The highest BCUT2D eigenvalue weighted by Gasteiger charge is 2.18. The van der Waals surface area contributed by atoms with Crippen molar-refractivity contribution >= 4 is 29.1 Å². The van der Waals surface area contributed by atoms with Gasteiger partial charge < -0.3 is 10.1 Å². The molecule has 0 radical (unpaired) electrons. The first-order valence-corrected chi connectivity index (χ1v) is 6.24. The van der Waals surface area contributed by atoms with Crippen LogP contribution in [-0.4, -0.2) is 27.3 Å². The summed E-state index contributed by atoms with van der Waals surface area (Å²) in [5.41, 5.74) is 0.670. The van der Waals surface area contributed by atoms with Gasteiger partial charge in [0, 0.05) is 0 Å². The van der Waals surface area contributed by atoms with E-state index in [-0.39, 0.29) is 5.69 Å². The van der Waals surface area contributed by atoms with E-state index in [1.165, 1.54) is 23.1 Å². The van der Waals surface area contributed by atoms with Crippen LogP contribution >= 0.6 is 23.1 Å². The van der Waals surface area contributed by atoms with Crippen molar-refractivity contribution in [1.82, 2.24) is 9.97 Å². The number of carboxylic acid groups (broad SMARTS) is 1. The molecule has 2 N–H and O–H groups in total. The Morgan fingerprint density at radius 3 is 3.00 bits per heavy atom. The molecule has 0 atom stereocenters. The zero-order valence-electron chi connectivity index (χ0n) is 7.85. The molecule has 0 aliphatic rings. The Balaban J connectivity index is 2.54. The van der Waals surface area contributed by atoms with E-state index in [0.717, 1.165) is 4.88 Å². The zero-order chi connectivity index (χ0) is 10.8. The molecule has 2 heterocycles. The summed E-state index contributed by atoms with van der Waals surface area (Å²) in [6, 6.07) is 3.75. The quantitative estimate of drug-likeness (QED) is 0.809. The lowest BCUT2D eigenvalue weighted by Gasteiger charge is -1.93. The van der Waals surface area contributed by atoms with E-state index in [1.54, 1.807) is 0 Å². The highest BCUT2D eigenvalue weighted by molar-refractivity contribution is 7.98. The predicted molar refractivity (Wildman–Crippen MR) is 60.6 cm³/mol. The molecule has 0 fully saturated rings. The zero-order valence-corrected chi connectivity index (χ0v) is 9.48. The molecule has 15 heavy (non-hydrogen) atoms. The minimum Gasteiger partial charge on any atom is -0.476 e. The number of imidazole rings is 1. The van der Waals surface area contributed by atoms with Crippen LogP contribution in [0, 0.1) is 0 Å². The standard InChI is InChI=1S/C9H8N2O2S2/c1-14-9-10-6(5-3-2-4-15-5)7(11-9)8(12)13/h2-4H,1H3,(H,10,11)(H,12,13). The third-order valence-electron chi connectivity index (χ3n) is 1.85. The van der Waals surface area contributed by atoms with Crippen LogP contribution in [0.5, 0.6) is 0 Å². The first kappa shape index (κ1) is 10.3. The van der Waals surface area contributed by atoms with Crippen LogP contribution in [0.2, 0.25) is 0 Å². The van der Waals surface area contributed by atoms with Gasteiger partial charge in [-0.1, -0.05) is 17.8 Å². The Labute approximate surface area is 94.4 Å². The van der Waals surface area contributed by atoms with Crippen LogP contribution in [0.4, 0.5) is 0 Å². The Kier molecular flexibility index (Phi) is 2.79. The maximum Gasteiger partial charge on any atom is 0.356 e. The minimum absolute atomic E-state index is 0.0850. The number of carboxylic acids is 1. The lowest BCUT2D eigenvalue weighted by atomic mass is 10.3. The maximum absolute atomic E-state index is 11.0. The van der Waals surface area contributed by atoms with E-state index in [9.17, 15) is 4.79 Å². The third-order valence-corrected chi connectivity index (χ3v) is 3.31. The van der Waals surface area contributed by atoms with Gasteiger partial charge in [-0.05, 0) is 17.7 Å². The van der Waals surface area contributed by atoms with Gasteiger partial charge in [0.2, 0.25) is 0 Å². The number of aromatic carboxylic acids is 1. The number of hydrogen-bond acceptors (Lipinski definition) is 4. The average Bonchev–Trinajstić information content (AvgIpc) is 2.86. The smallest absolute Gasteiger partial charge is 0.356 e. The molecule has 0 aromatic carbocycles. The molecule has 0 spiro atoms. The number of carbonyl (C=O) groups is 1. The summed E-state index contributed by atoms with van der Waals surface area (Å²) in [6.45, 7) is 0. The molecule has 2 rings (SSSR count). The largest absolute Gasteiger partial charge is 0.476 e. The van der Waals surface area contributed by atoms with E-state index >= 15 is 0 Å². The van der Waals surface area contributed by atoms with Crippen LogP contribution in [0.3, 0.4) is 0 Å². The summed E-state index contributed by atoms with van der Waals surface area (Å²) < 4.78 is 0. The number of aromatic amines is 1. The highest BCUT2D eigenvalue weighted by Crippen LogP contribution is 2.28. The van der Waals surface area contributed by atoms with Gasteiger partial charge in [-0.15, -0.1) is 11.3 Å². The Hall–Kier alpha value is -1.27. The number of aromatic nitrogens is 2. The van der Waals surface area contributed by atoms with E-state index < -0.39 is 5.97 Å². The van der Waals surface area contributed by atoms with Crippen molar-refractivity contribution < 1.29 is 9.90 Å². The van der Waals surface area contributed by atoms with Crippen LogP contribution in [0.25, 0.3) is 10.6 Å². The van der Waals surface area contributed by atoms with Crippen molar-refractivity contribution in [3.8, 4) is 10.6 Å². The number of nitrogens with zero attached hydrogens (tertiary/aromatic N) is 1. The summed E-state index contributed by atoms with van der Waals surface area (Å²) >= 11 is 2.88. The fraction of sp³-hybridized carbons (Fsp3) is 0.111. The van der Waals surface area contributed by atoms with Crippen LogP contribution in [0.1, 0.15) is 10.5 Å². The highest BCUT2D eigenvalue weighted by atomic mass is 32.2. The second-order valence-corrected chi connectivity index (χ2v) is 4.49. The number of H-pyrrole nitrogens is 1. The van der Waals surface area contributed by atoms with Crippen molar-refractivity contribution in [3.63, 3.8) is 0 Å². The first-order chi connectivity index (χ1) is 7.22. The van der Waals surface area contributed by atoms with Crippen molar-refractivity contribution in [1.29, 1.82) is 0 Å². The van der Waals surface area contributed by atoms with Gasteiger partial charge in [0.25, 0.3) is 0 Å². The maximum atomic E-state index is 11.0. The molecule has 0 saturated heterocycles. The van der Waals surface area contributed by atoms with Crippen molar-refractivity contribution in [2.75, 3.05) is 6.26 Å². The number of nitrogens with one attached hydrogen (secondary N) is 1. The fourth-order valence-electron chi connectivity index (χ4n) is 1.20. The number of thiophene rings is 1. The molecule has 0 saturated carbocycles. The van der Waals surface area contributed by atoms with Gasteiger partial charge in [-0.3, -0.25) is 0 Å². The van der Waals surface area contributed by atoms with Crippen molar-refractivity contribution in [2.24, 2.45) is 0 Å². The molecule has 78 valence electrons. The van der Waals surface area contributed by atoms with E-state index in [1.807, 2.05) is 23.8 Å². The molecule has 2 aromatic heterocycles. The van der Waals surface area contributed by atoms with Gasteiger partial charge in [0.1, 0.15) is 0 Å². The van der Waals surface area contributed by atoms with Crippen molar-refractivity contribution in [3.05, 3.63) is 23.2 Å². The summed E-state index contributed by atoms with van der Waals surface area (Å²) in [5, 5.41) is 11.5. The number of rotatable bonds is 3. The molecule has 4 nitrogen and oxygen atoms in total. The monoisotopic (exact) mass is 240 g/mol. The Bertz CT molecular complexity index is 476. The molecule has 0 amide bonds. The van der Waals surface area contributed by atoms with Gasteiger partial charge in [0.05, 0.1) is 10.6 Å². The number of thioether (sulfide) groups is 1. The Morgan fingerprint density at radius 2 is 2.47 bits per heavy atom. The van der Waals surface area contributed by atoms with Crippen LogP contribution < -0.4 is 0 Å². The molecule has 0 bridgehead atoms. The SMILES string of the molecule is CSc1nc(C(=O)O)c(-c2cccs2)[nH]1. The van der Waals surface area contributed by atoms with Gasteiger partial charge in [-0.2, -0.15) is 0 Å². The van der Waals surface area contributed by atoms with Gasteiger partial charge >= 0.3 is 5.97 Å². The predicted octanol–water partition coefficient (Wildman–Crippen LogP) is 2.56. The van der Waals surface area contributed by atoms with Crippen molar-refractivity contribution in [2.45, 2.75) is 5.16 Å². The topological polar surface area (TPSA) is 66.0 Å². The molecular weight excluding hydrogens is 232 g/mol. The fourth-order valence-corrected chi connectivity index (χ4v) is 2.32. The molecule has 2 aromatic rings. The molecule has 6 heteroatoms. The summed E-state index contributed by atoms with van der Waals surface area (Å²) in [4.78, 5) is 18.8. The van der Waals surface area contributed by atoms with Crippen LogP contribution in [0.15, 0.2) is 22.7 Å². The second kappa shape index (κ2) is 4.08. The first-order valence-electron chi connectivity index (χ1n) is 4.13. The van der Waals surface area contributed by atoms with Crippen LogP contribution in [-0.2, 0) is 0 Å². The van der Waals surface area contributed by atoms with E-state index in [4.69, 9.17) is 5.11 Å². The summed E-state index contributed by atoms with van der Waals surface area (Å²) in [7, 11) is 0. The summed E-state index contributed by atoms with van der Waals surface area (Å²) in [6.07, 6.45) is 1.85. The van der Waals surface area contributed by atoms with E-state index in [2.05, 4.69) is 9.97 Å². The van der Waals surface area contributed by atoms with E-state index in [0.29, 0.717) is 10.9 Å². The molecule has 0 aliphatic carbocycles. The average molecular weight is 240 g/mol. The lowest BCUT2D eigenvalue weighted by Crippen LogP contribution is -1.98.